The number of carbonyl (C=O) groups is 2. The van der Waals surface area contributed by atoms with Crippen LogP contribution in [0.15, 0.2) is 24.3 Å². The van der Waals surface area contributed by atoms with Crippen LogP contribution in [0.5, 0.6) is 5.75 Å². The molecule has 4 heteroatoms. The number of aldehydes is 1. The Morgan fingerprint density at radius 3 is 2.33 bits per heavy atom. The Balaban J connectivity index is 2.33. The lowest BCUT2D eigenvalue weighted by molar-refractivity contribution is -0.155. The van der Waals surface area contributed by atoms with Gasteiger partial charge in [0.2, 0.25) is 0 Å². The molecule has 0 amide bonds. The first kappa shape index (κ1) is 14.2. The Bertz CT molecular complexity index is 401. The Morgan fingerprint density at radius 1 is 1.22 bits per heavy atom. The average Bonchev–Trinajstić information content (AvgIpc) is 2.27. The van der Waals surface area contributed by atoms with Gasteiger partial charge in [0.25, 0.3) is 0 Å². The van der Waals surface area contributed by atoms with Crippen molar-refractivity contribution in [3.05, 3.63) is 29.8 Å². The number of benzene rings is 1. The molecule has 98 valence electrons. The standard InChI is InChI=1S/C14H18O4/c1-14(2,3)18-13(16)8-9-17-12-6-4-11(10-15)5-7-12/h4-7,10H,8-9H2,1-3H3. The highest BCUT2D eigenvalue weighted by atomic mass is 16.6. The predicted molar refractivity (Wildman–Crippen MR) is 67.8 cm³/mol. The monoisotopic (exact) mass is 250 g/mol. The second-order valence-corrected chi connectivity index (χ2v) is 4.87. The van der Waals surface area contributed by atoms with Crippen molar-refractivity contribution in [2.45, 2.75) is 32.8 Å². The Labute approximate surface area is 107 Å². The highest BCUT2D eigenvalue weighted by Gasteiger charge is 2.15. The molecule has 0 atom stereocenters. The largest absolute Gasteiger partial charge is 0.493 e. The molecular weight excluding hydrogens is 232 g/mol. The first-order valence-corrected chi connectivity index (χ1v) is 5.80. The third kappa shape index (κ3) is 5.48. The molecule has 1 rings (SSSR count). The van der Waals surface area contributed by atoms with Crippen molar-refractivity contribution in [2.75, 3.05) is 6.61 Å². The van der Waals surface area contributed by atoms with E-state index in [4.69, 9.17) is 9.47 Å². The summed E-state index contributed by atoms with van der Waals surface area (Å²) in [6.07, 6.45) is 0.969. The van der Waals surface area contributed by atoms with Gasteiger partial charge in [0, 0.05) is 5.56 Å². The summed E-state index contributed by atoms with van der Waals surface area (Å²) >= 11 is 0. The lowest BCUT2D eigenvalue weighted by Gasteiger charge is -2.19. The van der Waals surface area contributed by atoms with Gasteiger partial charge >= 0.3 is 5.97 Å². The Morgan fingerprint density at radius 2 is 1.83 bits per heavy atom. The van der Waals surface area contributed by atoms with E-state index in [1.54, 1.807) is 24.3 Å². The molecule has 0 N–H and O–H groups in total. The van der Waals surface area contributed by atoms with Crippen molar-refractivity contribution in [1.82, 2.24) is 0 Å². The van der Waals surface area contributed by atoms with E-state index in [0.29, 0.717) is 11.3 Å². The number of hydrogen-bond donors (Lipinski definition) is 0. The van der Waals surface area contributed by atoms with Gasteiger partial charge in [0.1, 0.15) is 17.6 Å². The van der Waals surface area contributed by atoms with Crippen molar-refractivity contribution in [3.8, 4) is 5.75 Å². The first-order chi connectivity index (χ1) is 8.40. The molecule has 0 radical (unpaired) electrons. The highest BCUT2D eigenvalue weighted by molar-refractivity contribution is 5.74. The molecule has 1 aromatic carbocycles. The molecule has 4 nitrogen and oxygen atoms in total. The predicted octanol–water partition coefficient (Wildman–Crippen LogP) is 2.61. The molecule has 1 aromatic rings. The Kier molecular flexibility index (Phi) is 4.89. The lowest BCUT2D eigenvalue weighted by atomic mass is 10.2. The summed E-state index contributed by atoms with van der Waals surface area (Å²) in [6, 6.07) is 6.71. The minimum atomic E-state index is -0.470. The van der Waals surface area contributed by atoms with Crippen LogP contribution in [0.3, 0.4) is 0 Å². The van der Waals surface area contributed by atoms with Crippen LogP contribution in [-0.2, 0) is 9.53 Å². The fourth-order valence-corrected chi connectivity index (χ4v) is 1.29. The number of rotatable bonds is 5. The third-order valence-corrected chi connectivity index (χ3v) is 2.01. The molecule has 0 aromatic heterocycles. The van der Waals surface area contributed by atoms with Crippen LogP contribution in [-0.4, -0.2) is 24.5 Å². The zero-order valence-corrected chi connectivity index (χ0v) is 10.9. The molecule has 0 fully saturated rings. The van der Waals surface area contributed by atoms with Crippen LogP contribution in [0, 0.1) is 0 Å². The van der Waals surface area contributed by atoms with Crippen LogP contribution in [0.25, 0.3) is 0 Å². The van der Waals surface area contributed by atoms with Crippen molar-refractivity contribution in [3.63, 3.8) is 0 Å². The van der Waals surface area contributed by atoms with Crippen LogP contribution in [0.1, 0.15) is 37.6 Å². The summed E-state index contributed by atoms with van der Waals surface area (Å²) in [7, 11) is 0. The van der Waals surface area contributed by atoms with Crippen molar-refractivity contribution in [2.24, 2.45) is 0 Å². The normalized spacial score (nSPS) is 10.8. The average molecular weight is 250 g/mol. The lowest BCUT2D eigenvalue weighted by Crippen LogP contribution is -2.24. The van der Waals surface area contributed by atoms with Crippen LogP contribution in [0.2, 0.25) is 0 Å². The van der Waals surface area contributed by atoms with Gasteiger partial charge in [-0.05, 0) is 45.0 Å². The van der Waals surface area contributed by atoms with Crippen LogP contribution in [0.4, 0.5) is 0 Å². The second kappa shape index (κ2) is 6.19. The number of ether oxygens (including phenoxy) is 2. The van der Waals surface area contributed by atoms with Gasteiger partial charge in [0.05, 0.1) is 13.0 Å². The second-order valence-electron chi connectivity index (χ2n) is 4.87. The van der Waals surface area contributed by atoms with Crippen LogP contribution >= 0.6 is 0 Å². The minimum absolute atomic E-state index is 0.201. The molecule has 0 unspecified atom stereocenters. The number of esters is 1. The molecule has 18 heavy (non-hydrogen) atoms. The number of carbonyl (C=O) groups excluding carboxylic acids is 2. The molecule has 0 aliphatic rings. The van der Waals surface area contributed by atoms with Gasteiger partial charge in [0.15, 0.2) is 0 Å². The van der Waals surface area contributed by atoms with E-state index in [0.717, 1.165) is 6.29 Å². The third-order valence-electron chi connectivity index (χ3n) is 2.01. The van der Waals surface area contributed by atoms with E-state index in [1.807, 2.05) is 20.8 Å². The molecular formula is C14H18O4. The van der Waals surface area contributed by atoms with Gasteiger partial charge < -0.3 is 9.47 Å². The SMILES string of the molecule is CC(C)(C)OC(=O)CCOc1ccc(C=O)cc1. The van der Waals surface area contributed by atoms with Crippen molar-refractivity contribution >= 4 is 12.3 Å². The fourth-order valence-electron chi connectivity index (χ4n) is 1.29. The van der Waals surface area contributed by atoms with Gasteiger partial charge in [-0.25, -0.2) is 0 Å². The molecule has 0 bridgehead atoms. The molecule has 0 aliphatic heterocycles. The van der Waals surface area contributed by atoms with E-state index in [-0.39, 0.29) is 19.0 Å². The summed E-state index contributed by atoms with van der Waals surface area (Å²) in [5.41, 5.74) is 0.123. The van der Waals surface area contributed by atoms with E-state index < -0.39 is 5.60 Å². The quantitative estimate of drug-likeness (QED) is 0.595. The van der Waals surface area contributed by atoms with E-state index in [1.165, 1.54) is 0 Å². The molecule has 0 saturated carbocycles. The maximum Gasteiger partial charge on any atom is 0.309 e. The van der Waals surface area contributed by atoms with Gasteiger partial charge in [-0.2, -0.15) is 0 Å². The molecule has 0 saturated heterocycles. The maximum atomic E-state index is 11.4. The topological polar surface area (TPSA) is 52.6 Å². The summed E-state index contributed by atoms with van der Waals surface area (Å²) in [4.78, 5) is 21.9. The maximum absolute atomic E-state index is 11.4. The van der Waals surface area contributed by atoms with Crippen molar-refractivity contribution < 1.29 is 19.1 Å². The first-order valence-electron chi connectivity index (χ1n) is 5.80. The van der Waals surface area contributed by atoms with Crippen LogP contribution < -0.4 is 4.74 Å². The molecule has 0 heterocycles. The summed E-state index contributed by atoms with van der Waals surface area (Å²) < 4.78 is 10.5. The van der Waals surface area contributed by atoms with Crippen molar-refractivity contribution in [1.29, 1.82) is 0 Å². The summed E-state index contributed by atoms with van der Waals surface area (Å²) in [6.45, 7) is 5.73. The Hall–Kier alpha value is -1.84. The van der Waals surface area contributed by atoms with E-state index in [9.17, 15) is 9.59 Å². The fraction of sp³-hybridized carbons (Fsp3) is 0.429. The molecule has 0 spiro atoms. The summed E-state index contributed by atoms with van der Waals surface area (Å²) in [5, 5.41) is 0. The van der Waals surface area contributed by atoms with E-state index in [2.05, 4.69) is 0 Å². The number of hydrogen-bond acceptors (Lipinski definition) is 4. The van der Waals surface area contributed by atoms with E-state index >= 15 is 0 Å². The minimum Gasteiger partial charge on any atom is -0.493 e. The van der Waals surface area contributed by atoms with Gasteiger partial charge in [-0.1, -0.05) is 0 Å². The highest BCUT2D eigenvalue weighted by Crippen LogP contribution is 2.12. The van der Waals surface area contributed by atoms with Gasteiger partial charge in [-0.15, -0.1) is 0 Å². The van der Waals surface area contributed by atoms with Gasteiger partial charge in [-0.3, -0.25) is 9.59 Å². The molecule has 0 aliphatic carbocycles. The smallest absolute Gasteiger partial charge is 0.309 e. The zero-order valence-electron chi connectivity index (χ0n) is 10.9. The summed E-state index contributed by atoms with van der Waals surface area (Å²) in [5.74, 6) is 0.344. The zero-order chi connectivity index (χ0) is 13.6.